The summed E-state index contributed by atoms with van der Waals surface area (Å²) in [5, 5.41) is 0. The zero-order valence-corrected chi connectivity index (χ0v) is 5.28. The van der Waals surface area contributed by atoms with Crippen LogP contribution in [-0.2, 0) is 0 Å². The van der Waals surface area contributed by atoms with Gasteiger partial charge in [-0.3, -0.25) is 0 Å². The predicted molar refractivity (Wildman–Crippen MR) is 26.8 cm³/mol. The molecule has 0 aliphatic carbocycles. The second-order valence-corrected chi connectivity index (χ2v) is 1.44. The molecule has 0 unspecified atom stereocenters. The van der Waals surface area contributed by atoms with Gasteiger partial charge in [-0.2, -0.15) is 0 Å². The third-order valence-corrected chi connectivity index (χ3v) is 0.632. The Kier molecular flexibility index (Phi) is 3.54. The summed E-state index contributed by atoms with van der Waals surface area (Å²) < 4.78 is 0. The van der Waals surface area contributed by atoms with E-state index in [1.807, 2.05) is 0 Å². The van der Waals surface area contributed by atoms with Crippen LogP contribution in [0.3, 0.4) is 0 Å². The molecule has 1 nitrogen and oxygen atoms in total. The lowest BCUT2D eigenvalue weighted by Gasteiger charge is -1.76. The van der Waals surface area contributed by atoms with Crippen molar-refractivity contribution in [2.75, 3.05) is 6.54 Å². The maximum atomic E-state index is 4.85. The van der Waals surface area contributed by atoms with E-state index in [4.69, 9.17) is 6.42 Å². The van der Waals surface area contributed by atoms with Crippen LogP contribution in [0.25, 0.3) is 0 Å². The summed E-state index contributed by atoms with van der Waals surface area (Å²) in [4.78, 5) is 2.92. The highest BCUT2D eigenvalue weighted by Crippen LogP contribution is 1.36. The van der Waals surface area contributed by atoms with Crippen molar-refractivity contribution in [2.24, 2.45) is 0 Å². The standard InChI is InChI=1S/C3H7NSi/c1-2-3-4-5/h1,4H,3H2,5H3. The van der Waals surface area contributed by atoms with Crippen molar-refractivity contribution in [3.05, 3.63) is 0 Å². The van der Waals surface area contributed by atoms with Gasteiger partial charge in [0.1, 0.15) is 0 Å². The van der Waals surface area contributed by atoms with Crippen molar-refractivity contribution in [1.29, 1.82) is 0 Å². The lowest BCUT2D eigenvalue weighted by atomic mass is 10.7. The first-order valence-electron chi connectivity index (χ1n) is 1.50. The molecule has 0 amide bonds. The van der Waals surface area contributed by atoms with Crippen LogP contribution in [0.2, 0.25) is 0 Å². The Bertz CT molecular complexity index is 45.3. The quantitative estimate of drug-likeness (QED) is 0.301. The van der Waals surface area contributed by atoms with E-state index in [1.54, 1.807) is 0 Å². The highest BCUT2D eigenvalue weighted by atomic mass is 28.2. The summed E-state index contributed by atoms with van der Waals surface area (Å²) in [6.45, 7) is 0.728. The van der Waals surface area contributed by atoms with E-state index in [1.165, 1.54) is 0 Å². The molecule has 0 aromatic heterocycles. The zero-order valence-electron chi connectivity index (χ0n) is 3.28. The molecule has 2 heteroatoms. The van der Waals surface area contributed by atoms with Gasteiger partial charge in [-0.15, -0.1) is 6.42 Å². The van der Waals surface area contributed by atoms with Gasteiger partial charge in [0.15, 0.2) is 0 Å². The number of terminal acetylenes is 1. The SMILES string of the molecule is C#CCN[SiH3]. The molecule has 0 bridgehead atoms. The Morgan fingerprint density at radius 3 is 2.60 bits per heavy atom. The van der Waals surface area contributed by atoms with E-state index in [-0.39, 0.29) is 0 Å². The number of hydrogen-bond acceptors (Lipinski definition) is 1. The minimum atomic E-state index is 0.728. The van der Waals surface area contributed by atoms with Gasteiger partial charge >= 0.3 is 0 Å². The molecule has 0 saturated carbocycles. The summed E-state index contributed by atoms with van der Waals surface area (Å²) in [5.41, 5.74) is 0. The molecule has 0 aliphatic rings. The van der Waals surface area contributed by atoms with E-state index in [2.05, 4.69) is 10.9 Å². The topological polar surface area (TPSA) is 12.0 Å². The number of hydrogen-bond donors (Lipinski definition) is 1. The first kappa shape index (κ1) is 4.74. The normalized spacial score (nSPS) is 7.00. The molecular weight excluding hydrogens is 78.1 g/mol. The third kappa shape index (κ3) is 3.74. The highest BCUT2D eigenvalue weighted by molar-refractivity contribution is 6.04. The molecule has 0 aliphatic heterocycles. The molecule has 0 atom stereocenters. The third-order valence-electron chi connectivity index (χ3n) is 0.279. The summed E-state index contributed by atoms with van der Waals surface area (Å²) in [7, 11) is 1.01. The fraction of sp³-hybridized carbons (Fsp3) is 0.333. The fourth-order valence-electron chi connectivity index (χ4n) is 0.102. The van der Waals surface area contributed by atoms with E-state index in [9.17, 15) is 0 Å². The first-order chi connectivity index (χ1) is 2.41. The average Bonchev–Trinajstić information content (AvgIpc) is 1.41. The summed E-state index contributed by atoms with van der Waals surface area (Å²) in [6, 6.07) is 0. The van der Waals surface area contributed by atoms with Gasteiger partial charge in [0.2, 0.25) is 0 Å². The molecule has 0 aromatic rings. The second-order valence-electron chi connectivity index (χ2n) is 0.734. The van der Waals surface area contributed by atoms with Crippen molar-refractivity contribution in [2.45, 2.75) is 0 Å². The molecule has 0 saturated heterocycles. The Morgan fingerprint density at radius 2 is 2.60 bits per heavy atom. The molecule has 5 heavy (non-hydrogen) atoms. The number of rotatable bonds is 1. The molecular formula is C3H7NSi. The van der Waals surface area contributed by atoms with E-state index >= 15 is 0 Å². The van der Waals surface area contributed by atoms with Gasteiger partial charge in [0, 0.05) is 0 Å². The second kappa shape index (κ2) is 3.74. The van der Waals surface area contributed by atoms with Crippen molar-refractivity contribution >= 4 is 10.4 Å². The molecule has 0 heterocycles. The minimum absolute atomic E-state index is 0.728. The summed E-state index contributed by atoms with van der Waals surface area (Å²) in [5.74, 6) is 2.44. The minimum Gasteiger partial charge on any atom is -0.335 e. The van der Waals surface area contributed by atoms with Crippen molar-refractivity contribution in [1.82, 2.24) is 4.98 Å². The van der Waals surface area contributed by atoms with Crippen LogP contribution in [-0.4, -0.2) is 16.9 Å². The van der Waals surface area contributed by atoms with Gasteiger partial charge in [-0.25, -0.2) is 0 Å². The molecule has 1 N–H and O–H groups in total. The van der Waals surface area contributed by atoms with Gasteiger partial charge in [-0.05, 0) is 0 Å². The monoisotopic (exact) mass is 85.0 g/mol. The van der Waals surface area contributed by atoms with E-state index in [0.717, 1.165) is 16.9 Å². The average molecular weight is 85.2 g/mol. The molecule has 0 fully saturated rings. The lowest BCUT2D eigenvalue weighted by Crippen LogP contribution is -2.06. The van der Waals surface area contributed by atoms with Crippen molar-refractivity contribution in [3.63, 3.8) is 0 Å². The Morgan fingerprint density at radius 1 is 2.00 bits per heavy atom. The van der Waals surface area contributed by atoms with Gasteiger partial charge in [0.25, 0.3) is 0 Å². The van der Waals surface area contributed by atoms with Crippen molar-refractivity contribution in [3.8, 4) is 12.3 Å². The van der Waals surface area contributed by atoms with Gasteiger partial charge < -0.3 is 4.98 Å². The predicted octanol–water partition coefficient (Wildman–Crippen LogP) is -1.51. The molecule has 0 aromatic carbocycles. The van der Waals surface area contributed by atoms with Crippen LogP contribution in [0.1, 0.15) is 0 Å². The Hall–Kier alpha value is -0.263. The molecule has 0 radical (unpaired) electrons. The maximum absolute atomic E-state index is 4.85. The van der Waals surface area contributed by atoms with E-state index in [0.29, 0.717) is 0 Å². The molecule has 0 rings (SSSR count). The largest absolute Gasteiger partial charge is 0.335 e. The molecule has 0 spiro atoms. The molecule has 28 valence electrons. The lowest BCUT2D eigenvalue weighted by molar-refractivity contribution is 1.14. The smallest absolute Gasteiger partial charge is 0.0760 e. The van der Waals surface area contributed by atoms with Crippen LogP contribution in [0, 0.1) is 12.3 Å². The van der Waals surface area contributed by atoms with Crippen LogP contribution < -0.4 is 4.98 Å². The van der Waals surface area contributed by atoms with Crippen LogP contribution >= 0.6 is 0 Å². The summed E-state index contributed by atoms with van der Waals surface area (Å²) in [6.07, 6.45) is 4.85. The highest BCUT2D eigenvalue weighted by Gasteiger charge is 1.56. The fourth-order valence-corrected chi connectivity index (χ4v) is 0.306. The van der Waals surface area contributed by atoms with Crippen LogP contribution in [0.4, 0.5) is 0 Å². The zero-order chi connectivity index (χ0) is 4.12. The van der Waals surface area contributed by atoms with Crippen molar-refractivity contribution < 1.29 is 0 Å². The number of nitrogens with one attached hydrogen (secondary N) is 1. The van der Waals surface area contributed by atoms with E-state index < -0.39 is 0 Å². The van der Waals surface area contributed by atoms with Gasteiger partial charge in [-0.1, -0.05) is 5.92 Å². The maximum Gasteiger partial charge on any atom is 0.0760 e. The first-order valence-corrected chi connectivity index (χ1v) is 2.50. The Balaban J connectivity index is 2.48. The Labute approximate surface area is 35.3 Å². The van der Waals surface area contributed by atoms with Crippen LogP contribution in [0.15, 0.2) is 0 Å². The van der Waals surface area contributed by atoms with Gasteiger partial charge in [0.05, 0.1) is 16.9 Å². The van der Waals surface area contributed by atoms with Crippen LogP contribution in [0.5, 0.6) is 0 Å². The summed E-state index contributed by atoms with van der Waals surface area (Å²) >= 11 is 0.